The van der Waals surface area contributed by atoms with Crippen LogP contribution in [0.5, 0.6) is 0 Å². The smallest absolute Gasteiger partial charge is 0.181 e. The van der Waals surface area contributed by atoms with Crippen molar-refractivity contribution in [1.29, 1.82) is 0 Å². The summed E-state index contributed by atoms with van der Waals surface area (Å²) in [5, 5.41) is 0. The number of nitrogens with zero attached hydrogens (tertiary/aromatic N) is 3. The highest BCUT2D eigenvalue weighted by molar-refractivity contribution is 5.94. The Morgan fingerprint density at radius 2 is 2.12 bits per heavy atom. The Labute approximate surface area is 154 Å². The van der Waals surface area contributed by atoms with Crippen molar-refractivity contribution in [2.75, 3.05) is 0 Å². The molecule has 0 aromatic carbocycles. The minimum atomic E-state index is 0.0358. The van der Waals surface area contributed by atoms with Crippen molar-refractivity contribution in [2.45, 2.75) is 51.9 Å². The Bertz CT molecular complexity index is 883. The van der Waals surface area contributed by atoms with Crippen LogP contribution in [-0.4, -0.2) is 20.7 Å². The van der Waals surface area contributed by atoms with E-state index in [0.29, 0.717) is 12.1 Å². The number of aromatic nitrogens is 3. The highest BCUT2D eigenvalue weighted by Gasteiger charge is 2.51. The van der Waals surface area contributed by atoms with Gasteiger partial charge in [-0.3, -0.25) is 14.8 Å². The normalized spacial score (nSPS) is 26.8. The number of carbonyl (C=O) groups excluding carboxylic acids is 1. The summed E-state index contributed by atoms with van der Waals surface area (Å²) in [6, 6.07) is 5.55. The molecule has 0 amide bonds. The molecule has 2 bridgehead atoms. The first-order chi connectivity index (χ1) is 12.6. The fourth-order valence-electron chi connectivity index (χ4n) is 4.72. The Hall–Kier alpha value is -2.54. The van der Waals surface area contributed by atoms with Gasteiger partial charge in [-0.1, -0.05) is 18.4 Å². The molecule has 132 valence electrons. The van der Waals surface area contributed by atoms with Gasteiger partial charge in [-0.05, 0) is 62.5 Å². The SMILES string of the molecule is Cc1cncc(C#CC23CCCC(CC(=O)c4ccccn4)(CC2)C3)n1. The lowest BCUT2D eigenvalue weighted by Crippen LogP contribution is -2.29. The zero-order chi connectivity index (χ0) is 18.0. The number of hydrogen-bond donors (Lipinski definition) is 0. The summed E-state index contributed by atoms with van der Waals surface area (Å²) in [5.74, 6) is 6.95. The fraction of sp³-hybridized carbons (Fsp3) is 0.455. The van der Waals surface area contributed by atoms with Crippen LogP contribution in [0.3, 0.4) is 0 Å². The van der Waals surface area contributed by atoms with Crippen LogP contribution < -0.4 is 0 Å². The van der Waals surface area contributed by atoms with Crippen LogP contribution in [0.2, 0.25) is 0 Å². The fourth-order valence-corrected chi connectivity index (χ4v) is 4.72. The van der Waals surface area contributed by atoms with Crippen molar-refractivity contribution >= 4 is 5.78 Å². The molecule has 4 nitrogen and oxygen atoms in total. The lowest BCUT2D eigenvalue weighted by Gasteiger charge is -2.36. The van der Waals surface area contributed by atoms with Crippen molar-refractivity contribution in [3.8, 4) is 11.8 Å². The van der Waals surface area contributed by atoms with Gasteiger partial charge in [-0.15, -0.1) is 0 Å². The molecule has 4 rings (SSSR count). The van der Waals surface area contributed by atoms with E-state index in [0.717, 1.165) is 49.9 Å². The van der Waals surface area contributed by atoms with Gasteiger partial charge in [0.25, 0.3) is 0 Å². The number of rotatable bonds is 3. The van der Waals surface area contributed by atoms with E-state index in [4.69, 9.17) is 0 Å². The Morgan fingerprint density at radius 1 is 1.19 bits per heavy atom. The van der Waals surface area contributed by atoms with Gasteiger partial charge in [0.15, 0.2) is 5.78 Å². The first-order valence-corrected chi connectivity index (χ1v) is 9.34. The van der Waals surface area contributed by atoms with Crippen LogP contribution in [0, 0.1) is 29.6 Å². The number of ketones is 1. The van der Waals surface area contributed by atoms with E-state index in [1.54, 1.807) is 18.6 Å². The molecular weight excluding hydrogens is 322 g/mol. The topological polar surface area (TPSA) is 55.7 Å². The molecule has 2 aromatic heterocycles. The van der Waals surface area contributed by atoms with Gasteiger partial charge in [0.05, 0.1) is 11.9 Å². The third kappa shape index (κ3) is 3.39. The number of aryl methyl sites for hydroxylation is 1. The summed E-state index contributed by atoms with van der Waals surface area (Å²) >= 11 is 0. The van der Waals surface area contributed by atoms with Crippen LogP contribution in [0.15, 0.2) is 36.8 Å². The molecule has 26 heavy (non-hydrogen) atoms. The van der Waals surface area contributed by atoms with Crippen molar-refractivity contribution in [1.82, 2.24) is 15.0 Å². The first-order valence-electron chi connectivity index (χ1n) is 9.34. The van der Waals surface area contributed by atoms with Crippen molar-refractivity contribution in [3.05, 3.63) is 53.9 Å². The van der Waals surface area contributed by atoms with Crippen molar-refractivity contribution in [3.63, 3.8) is 0 Å². The molecule has 0 N–H and O–H groups in total. The number of hydrogen-bond acceptors (Lipinski definition) is 4. The molecule has 2 aromatic rings. The minimum absolute atomic E-state index is 0.0358. The summed E-state index contributed by atoms with van der Waals surface area (Å²) in [4.78, 5) is 25.6. The largest absolute Gasteiger partial charge is 0.292 e. The molecule has 0 radical (unpaired) electrons. The Balaban J connectivity index is 1.52. The monoisotopic (exact) mass is 345 g/mol. The van der Waals surface area contributed by atoms with Crippen LogP contribution in [0.25, 0.3) is 0 Å². The molecule has 2 aliphatic carbocycles. The predicted molar refractivity (Wildman–Crippen MR) is 99.4 cm³/mol. The summed E-state index contributed by atoms with van der Waals surface area (Å²) < 4.78 is 0. The molecule has 0 aliphatic heterocycles. The van der Waals surface area contributed by atoms with E-state index in [-0.39, 0.29) is 16.6 Å². The van der Waals surface area contributed by atoms with Gasteiger partial charge in [0.1, 0.15) is 11.4 Å². The number of pyridine rings is 1. The highest BCUT2D eigenvalue weighted by Crippen LogP contribution is 2.60. The molecule has 2 aliphatic rings. The molecule has 2 atom stereocenters. The molecule has 4 heteroatoms. The minimum Gasteiger partial charge on any atom is -0.292 e. The van der Waals surface area contributed by atoms with Crippen LogP contribution >= 0.6 is 0 Å². The van der Waals surface area contributed by atoms with Crippen LogP contribution in [0.1, 0.15) is 66.8 Å². The third-order valence-electron chi connectivity index (χ3n) is 5.91. The maximum atomic E-state index is 12.7. The first kappa shape index (κ1) is 16.9. The van der Waals surface area contributed by atoms with Gasteiger partial charge >= 0.3 is 0 Å². The zero-order valence-electron chi connectivity index (χ0n) is 15.2. The predicted octanol–water partition coefficient (Wildman–Crippen LogP) is 4.15. The van der Waals surface area contributed by atoms with Crippen LogP contribution in [0.4, 0.5) is 0 Å². The van der Waals surface area contributed by atoms with Crippen molar-refractivity contribution < 1.29 is 4.79 Å². The van der Waals surface area contributed by atoms with E-state index in [1.807, 2.05) is 25.1 Å². The van der Waals surface area contributed by atoms with E-state index in [2.05, 4.69) is 26.8 Å². The highest BCUT2D eigenvalue weighted by atomic mass is 16.1. The molecule has 2 saturated carbocycles. The molecule has 0 saturated heterocycles. The second-order valence-electron chi connectivity index (χ2n) is 7.92. The zero-order valence-corrected chi connectivity index (χ0v) is 15.2. The number of carbonyl (C=O) groups is 1. The second-order valence-corrected chi connectivity index (χ2v) is 7.92. The van der Waals surface area contributed by atoms with Gasteiger partial charge < -0.3 is 0 Å². The number of Topliss-reactive ketones (excluding diaryl/α,β-unsaturated/α-hetero) is 1. The van der Waals surface area contributed by atoms with Gasteiger partial charge in [-0.25, -0.2) is 4.98 Å². The average Bonchev–Trinajstić information content (AvgIpc) is 2.91. The van der Waals surface area contributed by atoms with E-state index < -0.39 is 0 Å². The average molecular weight is 345 g/mol. The Morgan fingerprint density at radius 3 is 2.92 bits per heavy atom. The second kappa shape index (κ2) is 6.64. The maximum absolute atomic E-state index is 12.7. The maximum Gasteiger partial charge on any atom is 0.181 e. The molecule has 2 unspecified atom stereocenters. The van der Waals surface area contributed by atoms with E-state index in [1.165, 1.54) is 0 Å². The lowest BCUT2D eigenvalue weighted by atomic mass is 9.67. The lowest BCUT2D eigenvalue weighted by molar-refractivity contribution is 0.0857. The summed E-state index contributed by atoms with van der Waals surface area (Å²) in [7, 11) is 0. The van der Waals surface area contributed by atoms with Gasteiger partial charge in [0.2, 0.25) is 0 Å². The van der Waals surface area contributed by atoms with Crippen LogP contribution in [-0.2, 0) is 0 Å². The number of fused-ring (bicyclic) bond motifs is 2. The summed E-state index contributed by atoms with van der Waals surface area (Å²) in [6.45, 7) is 1.93. The Kier molecular flexibility index (Phi) is 4.32. The summed E-state index contributed by atoms with van der Waals surface area (Å²) in [5.41, 5.74) is 2.35. The van der Waals surface area contributed by atoms with Gasteiger partial charge in [0, 0.05) is 24.2 Å². The molecule has 0 spiro atoms. The quantitative estimate of drug-likeness (QED) is 0.619. The van der Waals surface area contributed by atoms with E-state index in [9.17, 15) is 4.79 Å². The van der Waals surface area contributed by atoms with Crippen molar-refractivity contribution in [2.24, 2.45) is 10.8 Å². The summed E-state index contributed by atoms with van der Waals surface area (Å²) in [6.07, 6.45) is 12.3. The third-order valence-corrected chi connectivity index (χ3v) is 5.91. The standard InChI is InChI=1S/C22H23N3O/c1-17-14-23-15-18(25-17)6-9-21-7-4-8-22(16-21,11-10-21)13-20(26)19-5-2-3-12-24-19/h2-3,5,12,14-15H,4,7-8,10-11,13,16H2,1H3. The molecule has 2 fully saturated rings. The molecular formula is C22H23N3O. The molecule has 2 heterocycles. The van der Waals surface area contributed by atoms with E-state index >= 15 is 0 Å². The van der Waals surface area contributed by atoms with Gasteiger partial charge in [-0.2, -0.15) is 0 Å².